The van der Waals surface area contributed by atoms with Gasteiger partial charge in [-0.05, 0) is 36.6 Å². The topological polar surface area (TPSA) is 75.6 Å². The Balaban J connectivity index is 1.76. The zero-order chi connectivity index (χ0) is 14.6. The number of sulfone groups is 1. The number of aliphatic hydroxyl groups is 1. The third-order valence-corrected chi connectivity index (χ3v) is 5.43. The van der Waals surface area contributed by atoms with Crippen LogP contribution in [0.15, 0.2) is 24.3 Å². The first-order chi connectivity index (χ1) is 9.50. The van der Waals surface area contributed by atoms with Crippen LogP contribution in [0.4, 0.5) is 0 Å². The molecule has 2 atom stereocenters. The minimum Gasteiger partial charge on any atom is -0.497 e. The van der Waals surface area contributed by atoms with Gasteiger partial charge in [0.2, 0.25) is 0 Å². The molecule has 1 aliphatic rings. The van der Waals surface area contributed by atoms with Gasteiger partial charge in [0, 0.05) is 6.54 Å². The van der Waals surface area contributed by atoms with E-state index in [1.165, 1.54) is 0 Å². The zero-order valence-corrected chi connectivity index (χ0v) is 12.4. The summed E-state index contributed by atoms with van der Waals surface area (Å²) in [6, 6.07) is 7.26. The Hall–Kier alpha value is -1.11. The van der Waals surface area contributed by atoms with Crippen LogP contribution in [-0.4, -0.2) is 45.2 Å². The minimum atomic E-state index is -2.82. The van der Waals surface area contributed by atoms with Gasteiger partial charge in [-0.15, -0.1) is 0 Å². The molecule has 6 heteroatoms. The average molecular weight is 299 g/mol. The minimum absolute atomic E-state index is 0.170. The number of hydrogen-bond acceptors (Lipinski definition) is 5. The molecule has 2 N–H and O–H groups in total. The summed E-state index contributed by atoms with van der Waals surface area (Å²) in [6.07, 6.45) is 0.118. The Labute approximate surface area is 119 Å². The van der Waals surface area contributed by atoms with Crippen molar-refractivity contribution in [3.05, 3.63) is 29.8 Å². The van der Waals surface area contributed by atoms with Crippen molar-refractivity contribution in [3.8, 4) is 5.75 Å². The predicted molar refractivity (Wildman–Crippen MR) is 77.6 cm³/mol. The highest BCUT2D eigenvalue weighted by Crippen LogP contribution is 2.19. The molecule has 0 amide bonds. The third kappa shape index (κ3) is 4.19. The molecule has 0 aromatic heterocycles. The zero-order valence-electron chi connectivity index (χ0n) is 11.6. The maximum Gasteiger partial charge on any atom is 0.150 e. The van der Waals surface area contributed by atoms with Gasteiger partial charge in [-0.3, -0.25) is 0 Å². The fourth-order valence-corrected chi connectivity index (χ4v) is 4.26. The normalized spacial score (nSPS) is 22.6. The highest BCUT2D eigenvalue weighted by atomic mass is 32.2. The molecule has 2 rings (SSSR count). The lowest BCUT2D eigenvalue weighted by atomic mass is 10.1. The van der Waals surface area contributed by atoms with Crippen LogP contribution >= 0.6 is 0 Å². The van der Waals surface area contributed by atoms with Gasteiger partial charge in [0.1, 0.15) is 5.75 Å². The van der Waals surface area contributed by atoms with E-state index in [-0.39, 0.29) is 11.7 Å². The number of benzene rings is 1. The largest absolute Gasteiger partial charge is 0.497 e. The fourth-order valence-electron chi connectivity index (χ4n) is 2.40. The predicted octanol–water partition coefficient (Wildman–Crippen LogP) is 0.753. The Kier molecular flexibility index (Phi) is 5.01. The molecule has 112 valence electrons. The number of aliphatic hydroxyl groups excluding tert-OH is 1. The lowest BCUT2D eigenvalue weighted by molar-refractivity contribution is 0.173. The molecular formula is C14H21NO4S. The van der Waals surface area contributed by atoms with E-state index in [0.717, 1.165) is 11.3 Å². The van der Waals surface area contributed by atoms with Gasteiger partial charge >= 0.3 is 0 Å². The summed E-state index contributed by atoms with van der Waals surface area (Å²) in [5.74, 6) is 1.48. The Morgan fingerprint density at radius 1 is 1.40 bits per heavy atom. The van der Waals surface area contributed by atoms with Crippen molar-refractivity contribution >= 4 is 9.84 Å². The van der Waals surface area contributed by atoms with E-state index < -0.39 is 15.9 Å². The number of rotatable bonds is 6. The molecule has 0 bridgehead atoms. The highest BCUT2D eigenvalue weighted by Gasteiger charge is 2.27. The number of methoxy groups -OCH3 is 1. The van der Waals surface area contributed by atoms with E-state index in [1.54, 1.807) is 7.11 Å². The second-order valence-corrected chi connectivity index (χ2v) is 7.44. The van der Waals surface area contributed by atoms with Gasteiger partial charge in [0.25, 0.3) is 0 Å². The first-order valence-electron chi connectivity index (χ1n) is 6.73. The third-order valence-electron chi connectivity index (χ3n) is 3.60. The van der Waals surface area contributed by atoms with E-state index in [1.807, 2.05) is 24.3 Å². The van der Waals surface area contributed by atoms with Crippen LogP contribution in [0, 0.1) is 5.92 Å². The molecule has 0 aliphatic carbocycles. The van der Waals surface area contributed by atoms with E-state index in [4.69, 9.17) is 4.74 Å². The molecule has 5 nitrogen and oxygen atoms in total. The summed E-state index contributed by atoms with van der Waals surface area (Å²) < 4.78 is 27.7. The van der Waals surface area contributed by atoms with Gasteiger partial charge in [-0.1, -0.05) is 12.1 Å². The molecule has 0 spiro atoms. The smallest absolute Gasteiger partial charge is 0.150 e. The van der Waals surface area contributed by atoms with Crippen molar-refractivity contribution in [3.63, 3.8) is 0 Å². The Morgan fingerprint density at radius 2 is 2.10 bits per heavy atom. The molecule has 0 saturated carbocycles. The highest BCUT2D eigenvalue weighted by molar-refractivity contribution is 7.91. The Morgan fingerprint density at radius 3 is 2.65 bits per heavy atom. The second-order valence-electron chi connectivity index (χ2n) is 5.22. The molecule has 1 aromatic rings. The van der Waals surface area contributed by atoms with E-state index >= 15 is 0 Å². The van der Waals surface area contributed by atoms with Crippen molar-refractivity contribution in [2.24, 2.45) is 5.92 Å². The van der Waals surface area contributed by atoms with E-state index in [9.17, 15) is 13.5 Å². The van der Waals surface area contributed by atoms with Gasteiger partial charge in [0.05, 0.1) is 24.7 Å². The summed E-state index contributed by atoms with van der Waals surface area (Å²) in [5, 5.41) is 13.2. The molecule has 2 unspecified atom stereocenters. The van der Waals surface area contributed by atoms with Crippen LogP contribution in [0.25, 0.3) is 0 Å². The lowest BCUT2D eigenvalue weighted by Crippen LogP contribution is -2.28. The van der Waals surface area contributed by atoms with Gasteiger partial charge in [-0.2, -0.15) is 0 Å². The maximum atomic E-state index is 11.3. The number of ether oxygens (including phenoxy) is 1. The lowest BCUT2D eigenvalue weighted by Gasteiger charge is -2.14. The van der Waals surface area contributed by atoms with Crippen molar-refractivity contribution in [2.75, 3.05) is 31.7 Å². The summed E-state index contributed by atoms with van der Waals surface area (Å²) in [6.45, 7) is 1.05. The van der Waals surface area contributed by atoms with Crippen LogP contribution in [-0.2, 0) is 9.84 Å². The summed E-state index contributed by atoms with van der Waals surface area (Å²) in [7, 11) is -1.22. The van der Waals surface area contributed by atoms with Crippen LogP contribution in [0.2, 0.25) is 0 Å². The molecule has 1 aromatic carbocycles. The standard InChI is InChI=1S/C14H21NO4S/c1-19-13-4-2-12(3-5-13)14(16)9-15-8-11-6-7-20(17,18)10-11/h2-5,11,14-16H,6-10H2,1H3. The number of hydrogen-bond donors (Lipinski definition) is 2. The van der Waals surface area contributed by atoms with Crippen molar-refractivity contribution in [2.45, 2.75) is 12.5 Å². The summed E-state index contributed by atoms with van der Waals surface area (Å²) in [5.41, 5.74) is 0.817. The van der Waals surface area contributed by atoms with Crippen LogP contribution in [0.5, 0.6) is 5.75 Å². The van der Waals surface area contributed by atoms with Gasteiger partial charge in [0.15, 0.2) is 9.84 Å². The first kappa shape index (κ1) is 15.3. The first-order valence-corrected chi connectivity index (χ1v) is 8.55. The monoisotopic (exact) mass is 299 g/mol. The molecule has 20 heavy (non-hydrogen) atoms. The van der Waals surface area contributed by atoms with E-state index in [0.29, 0.717) is 25.3 Å². The molecule has 1 aliphatic heterocycles. The molecule has 0 radical (unpaired) electrons. The fraction of sp³-hybridized carbons (Fsp3) is 0.571. The van der Waals surface area contributed by atoms with Crippen molar-refractivity contribution < 1.29 is 18.3 Å². The molecule has 1 heterocycles. The van der Waals surface area contributed by atoms with Gasteiger partial charge in [-0.25, -0.2) is 8.42 Å². The SMILES string of the molecule is COc1ccc(C(O)CNCC2CCS(=O)(=O)C2)cc1. The maximum absolute atomic E-state index is 11.3. The summed E-state index contributed by atoms with van der Waals surface area (Å²) in [4.78, 5) is 0. The average Bonchev–Trinajstić information content (AvgIpc) is 2.78. The van der Waals surface area contributed by atoms with E-state index in [2.05, 4.69) is 5.32 Å². The van der Waals surface area contributed by atoms with Crippen LogP contribution in [0.1, 0.15) is 18.1 Å². The molecule has 1 saturated heterocycles. The van der Waals surface area contributed by atoms with Crippen LogP contribution in [0.3, 0.4) is 0 Å². The van der Waals surface area contributed by atoms with Gasteiger partial charge < -0.3 is 15.2 Å². The van der Waals surface area contributed by atoms with Crippen molar-refractivity contribution in [1.82, 2.24) is 5.32 Å². The Bertz CT molecular complexity index is 527. The molecular weight excluding hydrogens is 278 g/mol. The van der Waals surface area contributed by atoms with Crippen molar-refractivity contribution in [1.29, 1.82) is 0 Å². The number of nitrogens with one attached hydrogen (secondary N) is 1. The summed E-state index contributed by atoms with van der Waals surface area (Å²) >= 11 is 0. The van der Waals surface area contributed by atoms with Crippen LogP contribution < -0.4 is 10.1 Å². The quantitative estimate of drug-likeness (QED) is 0.811. The second kappa shape index (κ2) is 6.56. The molecule has 1 fully saturated rings.